The summed E-state index contributed by atoms with van der Waals surface area (Å²) >= 11 is 3.58. The van der Waals surface area contributed by atoms with Gasteiger partial charge in [-0.1, -0.05) is 6.07 Å². The summed E-state index contributed by atoms with van der Waals surface area (Å²) in [5.74, 6) is 1.02. The fourth-order valence-electron chi connectivity index (χ4n) is 2.45. The van der Waals surface area contributed by atoms with E-state index in [4.69, 9.17) is 9.47 Å². The number of rotatable bonds is 2. The van der Waals surface area contributed by atoms with Gasteiger partial charge in [0.2, 0.25) is 0 Å². The molecule has 1 saturated heterocycles. The Balaban J connectivity index is 1.76. The second-order valence-corrected chi connectivity index (χ2v) is 5.42. The molecule has 1 N–H and O–H groups in total. The average Bonchev–Trinajstić information content (AvgIpc) is 2.79. The van der Waals surface area contributed by atoms with Crippen molar-refractivity contribution >= 4 is 15.9 Å². The summed E-state index contributed by atoms with van der Waals surface area (Å²) in [5.41, 5.74) is 2.65. The molecule has 3 nitrogen and oxygen atoms in total. The molecule has 0 saturated carbocycles. The van der Waals surface area contributed by atoms with Crippen LogP contribution in [0, 0.1) is 0 Å². The Bertz CT molecular complexity index is 416. The zero-order valence-electron chi connectivity index (χ0n) is 9.67. The van der Waals surface area contributed by atoms with E-state index in [9.17, 15) is 0 Å². The minimum Gasteiger partial charge on any atom is -0.492 e. The molecule has 0 spiro atoms. The van der Waals surface area contributed by atoms with E-state index in [1.54, 1.807) is 0 Å². The molecule has 1 aromatic carbocycles. The molecule has 2 heterocycles. The molecule has 3 rings (SSSR count). The molecule has 1 atom stereocenters. The van der Waals surface area contributed by atoms with Gasteiger partial charge in [0.1, 0.15) is 5.75 Å². The van der Waals surface area contributed by atoms with Crippen LogP contribution in [-0.2, 0) is 17.6 Å². The monoisotopic (exact) mass is 297 g/mol. The average molecular weight is 298 g/mol. The van der Waals surface area contributed by atoms with E-state index in [-0.39, 0.29) is 0 Å². The maximum absolute atomic E-state index is 5.73. The van der Waals surface area contributed by atoms with Crippen LogP contribution in [0.25, 0.3) is 0 Å². The number of benzene rings is 1. The van der Waals surface area contributed by atoms with Crippen LogP contribution in [0.3, 0.4) is 0 Å². The van der Waals surface area contributed by atoms with Crippen LogP contribution in [0.1, 0.15) is 11.1 Å². The van der Waals surface area contributed by atoms with Gasteiger partial charge in [0, 0.05) is 19.5 Å². The molecule has 0 bridgehead atoms. The molecule has 0 amide bonds. The quantitative estimate of drug-likeness (QED) is 0.905. The summed E-state index contributed by atoms with van der Waals surface area (Å²) in [6.45, 7) is 3.54. The smallest absolute Gasteiger partial charge is 0.136 e. The van der Waals surface area contributed by atoms with Gasteiger partial charge in [0.25, 0.3) is 0 Å². The van der Waals surface area contributed by atoms with E-state index < -0.39 is 0 Å². The first-order chi connectivity index (χ1) is 8.33. The van der Waals surface area contributed by atoms with Crippen LogP contribution in [0.4, 0.5) is 0 Å². The maximum atomic E-state index is 5.73. The van der Waals surface area contributed by atoms with E-state index in [1.165, 1.54) is 11.1 Å². The van der Waals surface area contributed by atoms with Crippen LogP contribution in [0.15, 0.2) is 16.6 Å². The summed E-state index contributed by atoms with van der Waals surface area (Å²) in [7, 11) is 0. The molecule has 0 aromatic heterocycles. The standard InChI is InChI=1S/C13H16BrNO2/c14-12-7-9(5-10-1-3-17-13(10)12)6-11-8-15-2-4-16-11/h5,7,11,15H,1-4,6,8H2/t11-/m1/s1. The van der Waals surface area contributed by atoms with Crippen molar-refractivity contribution in [1.82, 2.24) is 5.32 Å². The van der Waals surface area contributed by atoms with Crippen molar-refractivity contribution in [1.29, 1.82) is 0 Å². The van der Waals surface area contributed by atoms with Crippen molar-refractivity contribution in [2.45, 2.75) is 18.9 Å². The molecule has 2 aliphatic rings. The minimum atomic E-state index is 0.302. The number of hydrogen-bond acceptors (Lipinski definition) is 3. The lowest BCUT2D eigenvalue weighted by Gasteiger charge is -2.23. The molecule has 92 valence electrons. The first kappa shape index (κ1) is 11.5. The van der Waals surface area contributed by atoms with Gasteiger partial charge < -0.3 is 14.8 Å². The van der Waals surface area contributed by atoms with E-state index in [0.29, 0.717) is 6.10 Å². The molecule has 2 aliphatic heterocycles. The number of fused-ring (bicyclic) bond motifs is 1. The molecule has 0 unspecified atom stereocenters. The zero-order valence-corrected chi connectivity index (χ0v) is 11.3. The number of halogens is 1. The number of morpholine rings is 1. The Morgan fingerprint density at radius 1 is 1.35 bits per heavy atom. The zero-order chi connectivity index (χ0) is 11.7. The molecule has 4 heteroatoms. The minimum absolute atomic E-state index is 0.302. The lowest BCUT2D eigenvalue weighted by atomic mass is 10.0. The largest absolute Gasteiger partial charge is 0.492 e. The summed E-state index contributed by atoms with van der Waals surface area (Å²) < 4.78 is 12.4. The van der Waals surface area contributed by atoms with Gasteiger partial charge in [0.05, 0.1) is 23.8 Å². The first-order valence-corrected chi connectivity index (χ1v) is 6.88. The van der Waals surface area contributed by atoms with Crippen molar-refractivity contribution in [2.24, 2.45) is 0 Å². The Hall–Kier alpha value is -0.580. The van der Waals surface area contributed by atoms with E-state index in [0.717, 1.165) is 49.4 Å². The topological polar surface area (TPSA) is 30.5 Å². The second kappa shape index (κ2) is 4.96. The van der Waals surface area contributed by atoms with Crippen molar-refractivity contribution in [3.8, 4) is 5.75 Å². The fourth-order valence-corrected chi connectivity index (χ4v) is 3.12. The summed E-state index contributed by atoms with van der Waals surface area (Å²) in [5, 5.41) is 3.36. The lowest BCUT2D eigenvalue weighted by Crippen LogP contribution is -2.39. The Morgan fingerprint density at radius 2 is 2.29 bits per heavy atom. The molecular weight excluding hydrogens is 282 g/mol. The van der Waals surface area contributed by atoms with Gasteiger partial charge in [-0.3, -0.25) is 0 Å². The molecule has 0 radical (unpaired) electrons. The SMILES string of the molecule is Brc1cc(C[C@@H]2CNCCO2)cc2c1OCC2. The van der Waals surface area contributed by atoms with Crippen LogP contribution in [0.5, 0.6) is 5.75 Å². The second-order valence-electron chi connectivity index (χ2n) is 4.57. The van der Waals surface area contributed by atoms with Crippen molar-refractivity contribution in [3.05, 3.63) is 27.7 Å². The maximum Gasteiger partial charge on any atom is 0.136 e. The third-order valence-electron chi connectivity index (χ3n) is 3.27. The lowest BCUT2D eigenvalue weighted by molar-refractivity contribution is 0.0292. The van der Waals surface area contributed by atoms with Crippen molar-refractivity contribution in [2.75, 3.05) is 26.3 Å². The Morgan fingerprint density at radius 3 is 3.12 bits per heavy atom. The predicted molar refractivity (Wildman–Crippen MR) is 69.7 cm³/mol. The van der Waals surface area contributed by atoms with E-state index >= 15 is 0 Å². The van der Waals surface area contributed by atoms with Gasteiger partial charge in [-0.05, 0) is 39.5 Å². The van der Waals surface area contributed by atoms with E-state index in [2.05, 4.69) is 33.4 Å². The summed E-state index contributed by atoms with van der Waals surface area (Å²) in [4.78, 5) is 0. The van der Waals surface area contributed by atoms with Gasteiger partial charge in [-0.15, -0.1) is 0 Å². The van der Waals surface area contributed by atoms with Gasteiger partial charge >= 0.3 is 0 Å². The van der Waals surface area contributed by atoms with Crippen LogP contribution in [-0.4, -0.2) is 32.4 Å². The molecule has 1 fully saturated rings. The van der Waals surface area contributed by atoms with Gasteiger partial charge in [-0.2, -0.15) is 0 Å². The highest BCUT2D eigenvalue weighted by Crippen LogP contribution is 2.35. The van der Waals surface area contributed by atoms with Crippen LogP contribution in [0.2, 0.25) is 0 Å². The molecule has 0 aliphatic carbocycles. The number of hydrogen-bond donors (Lipinski definition) is 1. The summed E-state index contributed by atoms with van der Waals surface area (Å²) in [6, 6.07) is 4.41. The third kappa shape index (κ3) is 2.49. The Kier molecular flexibility index (Phi) is 3.36. The highest BCUT2D eigenvalue weighted by Gasteiger charge is 2.19. The summed E-state index contributed by atoms with van der Waals surface area (Å²) in [6.07, 6.45) is 2.29. The number of nitrogens with one attached hydrogen (secondary N) is 1. The fraction of sp³-hybridized carbons (Fsp3) is 0.538. The van der Waals surface area contributed by atoms with Gasteiger partial charge in [-0.25, -0.2) is 0 Å². The van der Waals surface area contributed by atoms with Crippen molar-refractivity contribution < 1.29 is 9.47 Å². The van der Waals surface area contributed by atoms with Crippen molar-refractivity contribution in [3.63, 3.8) is 0 Å². The van der Waals surface area contributed by atoms with Gasteiger partial charge in [0.15, 0.2) is 0 Å². The van der Waals surface area contributed by atoms with E-state index in [1.807, 2.05) is 0 Å². The predicted octanol–water partition coefficient (Wildman–Crippen LogP) is 1.91. The van der Waals surface area contributed by atoms with Crippen LogP contribution >= 0.6 is 15.9 Å². The third-order valence-corrected chi connectivity index (χ3v) is 3.85. The highest BCUT2D eigenvalue weighted by atomic mass is 79.9. The Labute approximate surface area is 110 Å². The normalized spacial score (nSPS) is 23.2. The molecular formula is C13H16BrNO2. The molecule has 1 aromatic rings. The highest BCUT2D eigenvalue weighted by molar-refractivity contribution is 9.10. The number of ether oxygens (including phenoxy) is 2. The van der Waals surface area contributed by atoms with Crippen LogP contribution < -0.4 is 10.1 Å². The molecule has 17 heavy (non-hydrogen) atoms. The first-order valence-electron chi connectivity index (χ1n) is 6.09.